The highest BCUT2D eigenvalue weighted by atomic mass is 16.5. The molecule has 0 saturated carbocycles. The SMILES string of the molecule is CCc1ccc(NC(=O)c2cc3c(cc2C)OCCCO3)cc1. The van der Waals surface area contributed by atoms with Crippen molar-refractivity contribution in [3.63, 3.8) is 0 Å². The molecule has 0 atom stereocenters. The third-order valence-electron chi connectivity index (χ3n) is 3.96. The third kappa shape index (κ3) is 3.47. The molecule has 1 N–H and O–H groups in total. The van der Waals surface area contributed by atoms with Gasteiger partial charge in [0, 0.05) is 17.7 Å². The smallest absolute Gasteiger partial charge is 0.256 e. The lowest BCUT2D eigenvalue weighted by molar-refractivity contribution is 0.102. The molecule has 4 nitrogen and oxygen atoms in total. The Morgan fingerprint density at radius 3 is 2.39 bits per heavy atom. The highest BCUT2D eigenvalue weighted by Gasteiger charge is 2.17. The van der Waals surface area contributed by atoms with E-state index in [-0.39, 0.29) is 5.91 Å². The van der Waals surface area contributed by atoms with Gasteiger partial charge in [0.15, 0.2) is 11.5 Å². The van der Waals surface area contributed by atoms with Crippen LogP contribution in [0, 0.1) is 6.92 Å². The van der Waals surface area contributed by atoms with Gasteiger partial charge in [-0.25, -0.2) is 0 Å². The van der Waals surface area contributed by atoms with Crippen LogP contribution in [0.25, 0.3) is 0 Å². The number of hydrogen-bond donors (Lipinski definition) is 1. The summed E-state index contributed by atoms with van der Waals surface area (Å²) in [6, 6.07) is 11.5. The first kappa shape index (κ1) is 15.4. The summed E-state index contributed by atoms with van der Waals surface area (Å²) in [6.07, 6.45) is 1.83. The van der Waals surface area contributed by atoms with E-state index in [1.807, 2.05) is 37.3 Å². The fourth-order valence-electron chi connectivity index (χ4n) is 2.58. The molecule has 0 fully saturated rings. The molecule has 3 rings (SSSR count). The second kappa shape index (κ2) is 6.73. The van der Waals surface area contributed by atoms with Gasteiger partial charge in [-0.3, -0.25) is 4.79 Å². The Balaban J connectivity index is 1.82. The summed E-state index contributed by atoms with van der Waals surface area (Å²) in [7, 11) is 0. The van der Waals surface area contributed by atoms with Gasteiger partial charge in [-0.15, -0.1) is 0 Å². The quantitative estimate of drug-likeness (QED) is 0.933. The zero-order valence-electron chi connectivity index (χ0n) is 13.5. The Hall–Kier alpha value is -2.49. The molecule has 1 aliphatic heterocycles. The summed E-state index contributed by atoms with van der Waals surface area (Å²) in [6.45, 7) is 5.26. The molecule has 0 aliphatic carbocycles. The van der Waals surface area contributed by atoms with Crippen LogP contribution in [0.3, 0.4) is 0 Å². The summed E-state index contributed by atoms with van der Waals surface area (Å²) in [4.78, 5) is 12.6. The molecule has 0 unspecified atom stereocenters. The number of aryl methyl sites for hydroxylation is 2. The van der Waals surface area contributed by atoms with Crippen molar-refractivity contribution < 1.29 is 14.3 Å². The fourth-order valence-corrected chi connectivity index (χ4v) is 2.58. The van der Waals surface area contributed by atoms with E-state index in [0.29, 0.717) is 30.3 Å². The number of benzene rings is 2. The number of fused-ring (bicyclic) bond motifs is 1. The molecule has 4 heteroatoms. The monoisotopic (exact) mass is 311 g/mol. The first-order chi connectivity index (χ1) is 11.2. The van der Waals surface area contributed by atoms with Gasteiger partial charge in [-0.1, -0.05) is 19.1 Å². The summed E-state index contributed by atoms with van der Waals surface area (Å²) in [5, 5.41) is 2.94. The van der Waals surface area contributed by atoms with Gasteiger partial charge in [-0.05, 0) is 48.7 Å². The van der Waals surface area contributed by atoms with E-state index in [2.05, 4.69) is 12.2 Å². The van der Waals surface area contributed by atoms with E-state index in [1.165, 1.54) is 5.56 Å². The molecule has 0 spiro atoms. The van der Waals surface area contributed by atoms with Gasteiger partial charge < -0.3 is 14.8 Å². The van der Waals surface area contributed by atoms with Gasteiger partial charge in [0.05, 0.1) is 13.2 Å². The highest BCUT2D eigenvalue weighted by molar-refractivity contribution is 6.05. The van der Waals surface area contributed by atoms with Crippen molar-refractivity contribution in [2.75, 3.05) is 18.5 Å². The molecule has 0 radical (unpaired) electrons. The number of carbonyl (C=O) groups excluding carboxylic acids is 1. The topological polar surface area (TPSA) is 47.6 Å². The summed E-state index contributed by atoms with van der Waals surface area (Å²) in [5.41, 5.74) is 3.51. The molecular formula is C19H21NO3. The van der Waals surface area contributed by atoms with Crippen LogP contribution in [0.4, 0.5) is 5.69 Å². The maximum atomic E-state index is 12.6. The number of ether oxygens (including phenoxy) is 2. The Morgan fingerprint density at radius 2 is 1.74 bits per heavy atom. The van der Waals surface area contributed by atoms with E-state index in [4.69, 9.17) is 9.47 Å². The van der Waals surface area contributed by atoms with Crippen molar-refractivity contribution in [2.45, 2.75) is 26.7 Å². The van der Waals surface area contributed by atoms with Crippen LogP contribution in [-0.4, -0.2) is 19.1 Å². The van der Waals surface area contributed by atoms with E-state index in [1.54, 1.807) is 6.07 Å². The van der Waals surface area contributed by atoms with Crippen molar-refractivity contribution >= 4 is 11.6 Å². The number of rotatable bonds is 3. The van der Waals surface area contributed by atoms with Gasteiger partial charge in [0.1, 0.15) is 0 Å². The highest BCUT2D eigenvalue weighted by Crippen LogP contribution is 2.33. The molecule has 1 aliphatic rings. The standard InChI is InChI=1S/C19H21NO3/c1-3-14-5-7-15(8-6-14)20-19(21)16-12-18-17(11-13(16)2)22-9-4-10-23-18/h5-8,11-12H,3-4,9-10H2,1-2H3,(H,20,21). The van der Waals surface area contributed by atoms with Gasteiger partial charge in [-0.2, -0.15) is 0 Å². The predicted octanol–water partition coefficient (Wildman–Crippen LogP) is 3.97. The van der Waals surface area contributed by atoms with Crippen molar-refractivity contribution in [1.29, 1.82) is 0 Å². The number of hydrogen-bond acceptors (Lipinski definition) is 3. The maximum Gasteiger partial charge on any atom is 0.256 e. The molecule has 23 heavy (non-hydrogen) atoms. The molecular weight excluding hydrogens is 290 g/mol. The largest absolute Gasteiger partial charge is 0.490 e. The van der Waals surface area contributed by atoms with Crippen LogP contribution in [0.15, 0.2) is 36.4 Å². The lowest BCUT2D eigenvalue weighted by Gasteiger charge is -2.13. The molecule has 0 aromatic heterocycles. The second-order valence-corrected chi connectivity index (χ2v) is 5.67. The minimum atomic E-state index is -0.137. The summed E-state index contributed by atoms with van der Waals surface area (Å²) >= 11 is 0. The van der Waals surface area contributed by atoms with Gasteiger partial charge in [0.2, 0.25) is 0 Å². The Kier molecular flexibility index (Phi) is 4.51. The first-order valence-electron chi connectivity index (χ1n) is 7.98. The van der Waals surface area contributed by atoms with Crippen molar-refractivity contribution in [1.82, 2.24) is 0 Å². The first-order valence-corrected chi connectivity index (χ1v) is 7.98. The fraction of sp³-hybridized carbons (Fsp3) is 0.316. The second-order valence-electron chi connectivity index (χ2n) is 5.67. The average molecular weight is 311 g/mol. The predicted molar refractivity (Wildman–Crippen MR) is 90.6 cm³/mol. The molecule has 120 valence electrons. The zero-order valence-corrected chi connectivity index (χ0v) is 13.5. The summed E-state index contributed by atoms with van der Waals surface area (Å²) < 4.78 is 11.3. The number of carbonyl (C=O) groups is 1. The minimum Gasteiger partial charge on any atom is -0.490 e. The lowest BCUT2D eigenvalue weighted by Crippen LogP contribution is -2.13. The molecule has 0 bridgehead atoms. The Morgan fingerprint density at radius 1 is 1.09 bits per heavy atom. The van der Waals surface area contributed by atoms with Crippen LogP contribution in [0.2, 0.25) is 0 Å². The van der Waals surface area contributed by atoms with Crippen LogP contribution < -0.4 is 14.8 Å². The minimum absolute atomic E-state index is 0.137. The molecule has 2 aromatic carbocycles. The number of amides is 1. The van der Waals surface area contributed by atoms with Crippen LogP contribution >= 0.6 is 0 Å². The van der Waals surface area contributed by atoms with E-state index < -0.39 is 0 Å². The van der Waals surface area contributed by atoms with E-state index in [0.717, 1.165) is 24.1 Å². The molecule has 1 amide bonds. The third-order valence-corrected chi connectivity index (χ3v) is 3.96. The van der Waals surface area contributed by atoms with Crippen molar-refractivity contribution in [2.24, 2.45) is 0 Å². The number of nitrogens with one attached hydrogen (secondary N) is 1. The van der Waals surface area contributed by atoms with Crippen molar-refractivity contribution in [3.05, 3.63) is 53.1 Å². The summed E-state index contributed by atoms with van der Waals surface area (Å²) in [5.74, 6) is 1.21. The van der Waals surface area contributed by atoms with Gasteiger partial charge in [0.25, 0.3) is 5.91 Å². The Bertz CT molecular complexity index is 707. The Labute approximate surface area is 136 Å². The van der Waals surface area contributed by atoms with Crippen LogP contribution in [-0.2, 0) is 6.42 Å². The van der Waals surface area contributed by atoms with Gasteiger partial charge >= 0.3 is 0 Å². The zero-order chi connectivity index (χ0) is 16.2. The van der Waals surface area contributed by atoms with Crippen molar-refractivity contribution in [3.8, 4) is 11.5 Å². The molecule has 0 saturated heterocycles. The van der Waals surface area contributed by atoms with Crippen LogP contribution in [0.5, 0.6) is 11.5 Å². The van der Waals surface area contributed by atoms with Crippen LogP contribution in [0.1, 0.15) is 34.8 Å². The number of anilines is 1. The van der Waals surface area contributed by atoms with E-state index in [9.17, 15) is 4.79 Å². The lowest BCUT2D eigenvalue weighted by atomic mass is 10.1. The molecule has 2 aromatic rings. The maximum absolute atomic E-state index is 12.6. The van der Waals surface area contributed by atoms with E-state index >= 15 is 0 Å². The average Bonchev–Trinajstić information content (AvgIpc) is 2.79. The molecule has 1 heterocycles. The normalized spacial score (nSPS) is 13.3.